The molecule has 31 heavy (non-hydrogen) atoms. The summed E-state index contributed by atoms with van der Waals surface area (Å²) >= 11 is 1.26. The Kier molecular flexibility index (Phi) is 7.69. The molecule has 0 spiro atoms. The lowest BCUT2D eigenvalue weighted by Gasteiger charge is -2.17. The van der Waals surface area contributed by atoms with Crippen LogP contribution in [0.3, 0.4) is 0 Å². The standard InChI is InChI=1S/C23H29N3O4S/c1-15-12-19(17(3)26(15)16(2)13-30-4)21(28)14-31-23-24-20-9-6-5-8-18(20)22(29)25(23)10-7-11-27/h5-6,8-9,12,16,27H,7,10-11,13-14H2,1-4H3. The molecule has 2 aromatic heterocycles. The van der Waals surface area contributed by atoms with Crippen molar-refractivity contribution in [2.75, 3.05) is 26.1 Å². The summed E-state index contributed by atoms with van der Waals surface area (Å²) in [6.07, 6.45) is 0.444. The fourth-order valence-corrected chi connectivity index (χ4v) is 4.85. The first kappa shape index (κ1) is 23.2. The van der Waals surface area contributed by atoms with Gasteiger partial charge < -0.3 is 14.4 Å². The van der Waals surface area contributed by atoms with Crippen molar-refractivity contribution in [2.24, 2.45) is 0 Å². The van der Waals surface area contributed by atoms with Crippen LogP contribution in [-0.2, 0) is 11.3 Å². The highest BCUT2D eigenvalue weighted by molar-refractivity contribution is 7.99. The van der Waals surface area contributed by atoms with Crippen LogP contribution in [-0.4, -0.2) is 51.1 Å². The Morgan fingerprint density at radius 1 is 1.29 bits per heavy atom. The second kappa shape index (κ2) is 10.3. The molecule has 0 fully saturated rings. The van der Waals surface area contributed by atoms with Crippen LogP contribution in [0, 0.1) is 13.8 Å². The topological polar surface area (TPSA) is 86.4 Å². The van der Waals surface area contributed by atoms with Crippen LogP contribution >= 0.6 is 11.8 Å². The van der Waals surface area contributed by atoms with Gasteiger partial charge in [-0.3, -0.25) is 14.2 Å². The molecular formula is C23H29N3O4S. The van der Waals surface area contributed by atoms with Gasteiger partial charge in [-0.05, 0) is 45.4 Å². The van der Waals surface area contributed by atoms with Gasteiger partial charge in [-0.1, -0.05) is 23.9 Å². The van der Waals surface area contributed by atoms with Gasteiger partial charge in [0, 0.05) is 37.2 Å². The van der Waals surface area contributed by atoms with Crippen LogP contribution < -0.4 is 5.56 Å². The lowest BCUT2D eigenvalue weighted by Crippen LogP contribution is -2.24. The molecule has 1 atom stereocenters. The number of Topliss-reactive ketones (excluding diaryl/α,β-unsaturated/α-hetero) is 1. The number of fused-ring (bicyclic) bond motifs is 1. The fourth-order valence-electron chi connectivity index (χ4n) is 3.95. The molecule has 1 aromatic carbocycles. The molecule has 0 saturated heterocycles. The van der Waals surface area contributed by atoms with Gasteiger partial charge in [-0.2, -0.15) is 0 Å². The Balaban J connectivity index is 1.88. The predicted octanol–water partition coefficient (Wildman–Crippen LogP) is 3.38. The maximum absolute atomic E-state index is 13.0. The lowest BCUT2D eigenvalue weighted by molar-refractivity contribution is 0.102. The van der Waals surface area contributed by atoms with Crippen LogP contribution in [0.25, 0.3) is 10.9 Å². The minimum Gasteiger partial charge on any atom is -0.396 e. The van der Waals surface area contributed by atoms with Crippen molar-refractivity contribution in [2.45, 2.75) is 44.9 Å². The number of carbonyl (C=O) groups is 1. The average molecular weight is 444 g/mol. The number of thioether (sulfide) groups is 1. The molecule has 0 aliphatic carbocycles. The molecule has 0 aliphatic heterocycles. The summed E-state index contributed by atoms with van der Waals surface area (Å²) in [5, 5.41) is 10.3. The summed E-state index contributed by atoms with van der Waals surface area (Å²) in [5.74, 6) is 0.164. The van der Waals surface area contributed by atoms with Gasteiger partial charge in [-0.15, -0.1) is 0 Å². The minimum absolute atomic E-state index is 0.00918. The van der Waals surface area contributed by atoms with E-state index in [0.717, 1.165) is 11.4 Å². The maximum atomic E-state index is 13.0. The Bertz CT molecular complexity index is 1140. The number of aromatic nitrogens is 3. The first-order valence-corrected chi connectivity index (χ1v) is 11.3. The van der Waals surface area contributed by atoms with E-state index in [1.807, 2.05) is 26.0 Å². The van der Waals surface area contributed by atoms with E-state index in [0.29, 0.717) is 41.2 Å². The summed E-state index contributed by atoms with van der Waals surface area (Å²) in [7, 11) is 1.67. The van der Waals surface area contributed by atoms with Gasteiger partial charge >= 0.3 is 0 Å². The summed E-state index contributed by atoms with van der Waals surface area (Å²) in [6.45, 7) is 6.89. The number of hydrogen-bond donors (Lipinski definition) is 1. The zero-order chi connectivity index (χ0) is 22.5. The Morgan fingerprint density at radius 3 is 2.74 bits per heavy atom. The predicted molar refractivity (Wildman–Crippen MR) is 123 cm³/mol. The summed E-state index contributed by atoms with van der Waals surface area (Å²) in [5.41, 5.74) is 3.06. The van der Waals surface area contributed by atoms with Crippen molar-refractivity contribution in [3.8, 4) is 0 Å². The summed E-state index contributed by atoms with van der Waals surface area (Å²) < 4.78 is 8.94. The maximum Gasteiger partial charge on any atom is 0.262 e. The number of nitrogens with zero attached hydrogens (tertiary/aromatic N) is 3. The van der Waals surface area contributed by atoms with Gasteiger partial charge in [0.25, 0.3) is 5.56 Å². The number of ketones is 1. The van der Waals surface area contributed by atoms with E-state index >= 15 is 0 Å². The van der Waals surface area contributed by atoms with Gasteiger partial charge in [0.2, 0.25) is 0 Å². The molecule has 0 saturated carbocycles. The van der Waals surface area contributed by atoms with Gasteiger partial charge in [-0.25, -0.2) is 4.98 Å². The number of benzene rings is 1. The number of hydrogen-bond acceptors (Lipinski definition) is 6. The number of carbonyl (C=O) groups excluding carboxylic acids is 1. The number of ether oxygens (including phenoxy) is 1. The molecule has 3 aromatic rings. The highest BCUT2D eigenvalue weighted by Crippen LogP contribution is 2.24. The lowest BCUT2D eigenvalue weighted by atomic mass is 10.2. The summed E-state index contributed by atoms with van der Waals surface area (Å²) in [6, 6.07) is 9.22. The normalized spacial score (nSPS) is 12.4. The molecule has 0 amide bonds. The van der Waals surface area contributed by atoms with Crippen LogP contribution in [0.1, 0.15) is 41.1 Å². The number of aliphatic hydroxyl groups excluding tert-OH is 1. The van der Waals surface area contributed by atoms with Crippen LogP contribution in [0.5, 0.6) is 0 Å². The molecule has 0 bridgehead atoms. The van der Waals surface area contributed by atoms with Crippen LogP contribution in [0.15, 0.2) is 40.3 Å². The molecule has 0 aliphatic rings. The Morgan fingerprint density at radius 2 is 2.03 bits per heavy atom. The number of aryl methyl sites for hydroxylation is 1. The molecule has 1 N–H and O–H groups in total. The van der Waals surface area contributed by atoms with E-state index in [4.69, 9.17) is 4.74 Å². The Labute approximate surface area is 186 Å². The SMILES string of the molecule is COCC(C)n1c(C)cc(C(=O)CSc2nc3ccccc3c(=O)n2CCCO)c1C. The van der Waals surface area contributed by atoms with Crippen LogP contribution in [0.4, 0.5) is 0 Å². The van der Waals surface area contributed by atoms with Gasteiger partial charge in [0.05, 0.1) is 29.3 Å². The molecule has 7 nitrogen and oxygen atoms in total. The second-order valence-electron chi connectivity index (χ2n) is 7.62. The number of methoxy groups -OCH3 is 1. The molecule has 3 rings (SSSR count). The quantitative estimate of drug-likeness (QED) is 0.294. The molecule has 166 valence electrons. The molecule has 2 heterocycles. The van der Waals surface area contributed by atoms with Crippen molar-refractivity contribution in [3.05, 3.63) is 57.6 Å². The van der Waals surface area contributed by atoms with Crippen molar-refractivity contribution in [1.82, 2.24) is 14.1 Å². The largest absolute Gasteiger partial charge is 0.396 e. The van der Waals surface area contributed by atoms with Crippen molar-refractivity contribution >= 4 is 28.4 Å². The van der Waals surface area contributed by atoms with E-state index in [-0.39, 0.29) is 29.7 Å². The first-order valence-electron chi connectivity index (χ1n) is 10.3. The monoisotopic (exact) mass is 443 g/mol. The van der Waals surface area contributed by atoms with E-state index < -0.39 is 0 Å². The third-order valence-corrected chi connectivity index (χ3v) is 6.31. The van der Waals surface area contributed by atoms with Gasteiger partial charge in [0.15, 0.2) is 10.9 Å². The molecule has 8 heteroatoms. The fraction of sp³-hybridized carbons (Fsp3) is 0.435. The third kappa shape index (κ3) is 4.92. The van der Waals surface area contributed by atoms with Crippen molar-refractivity contribution in [1.29, 1.82) is 0 Å². The molecular weight excluding hydrogens is 414 g/mol. The Hall–Kier alpha value is -2.42. The third-order valence-electron chi connectivity index (χ3n) is 5.33. The average Bonchev–Trinajstić information content (AvgIpc) is 3.05. The van der Waals surface area contributed by atoms with Crippen LogP contribution in [0.2, 0.25) is 0 Å². The number of rotatable bonds is 10. The summed E-state index contributed by atoms with van der Waals surface area (Å²) in [4.78, 5) is 30.6. The van der Waals surface area contributed by atoms with E-state index in [2.05, 4.69) is 16.5 Å². The van der Waals surface area contributed by atoms with E-state index in [9.17, 15) is 14.7 Å². The van der Waals surface area contributed by atoms with Gasteiger partial charge in [0.1, 0.15) is 0 Å². The zero-order valence-corrected chi connectivity index (χ0v) is 19.2. The minimum atomic E-state index is -0.152. The number of para-hydroxylation sites is 1. The van der Waals surface area contributed by atoms with E-state index in [1.54, 1.807) is 29.9 Å². The highest BCUT2D eigenvalue weighted by Gasteiger charge is 2.20. The second-order valence-corrected chi connectivity index (χ2v) is 8.56. The molecule has 0 radical (unpaired) electrons. The van der Waals surface area contributed by atoms with E-state index in [1.165, 1.54) is 11.8 Å². The van der Waals surface area contributed by atoms with Crippen molar-refractivity contribution < 1.29 is 14.6 Å². The van der Waals surface area contributed by atoms with Crippen molar-refractivity contribution in [3.63, 3.8) is 0 Å². The number of aliphatic hydroxyl groups is 1. The highest BCUT2D eigenvalue weighted by atomic mass is 32.2. The zero-order valence-electron chi connectivity index (χ0n) is 18.4. The smallest absolute Gasteiger partial charge is 0.262 e. The molecule has 1 unspecified atom stereocenters. The first-order chi connectivity index (χ1) is 14.9.